The van der Waals surface area contributed by atoms with E-state index in [-0.39, 0.29) is 30.7 Å². The van der Waals surface area contributed by atoms with Gasteiger partial charge in [0.25, 0.3) is 5.91 Å². The summed E-state index contributed by atoms with van der Waals surface area (Å²) in [4.78, 5) is 29.8. The van der Waals surface area contributed by atoms with Crippen molar-refractivity contribution in [2.45, 2.75) is 12.8 Å². The number of carbonyl (C=O) groups excluding carboxylic acids is 1. The van der Waals surface area contributed by atoms with Crippen molar-refractivity contribution in [1.82, 2.24) is 25.2 Å². The van der Waals surface area contributed by atoms with Crippen LogP contribution < -0.4 is 10.2 Å². The van der Waals surface area contributed by atoms with Crippen LogP contribution in [0.2, 0.25) is 0 Å². The maximum Gasteiger partial charge on any atom is 0.255 e. The average molecular weight is 425 g/mol. The zero-order valence-electron chi connectivity index (χ0n) is 15.7. The number of nitrogens with one attached hydrogen (secondary N) is 1. The summed E-state index contributed by atoms with van der Waals surface area (Å²) in [6.45, 7) is 4.99. The first-order valence-electron chi connectivity index (χ1n) is 9.25. The van der Waals surface area contributed by atoms with Crippen LogP contribution in [0, 0.1) is 5.92 Å². The molecule has 4 heterocycles. The predicted molar refractivity (Wildman–Crippen MR) is 114 cm³/mol. The Kier molecular flexibility index (Phi) is 8.41. The molecule has 0 bridgehead atoms. The number of amides is 1. The maximum atomic E-state index is 12.9. The van der Waals surface area contributed by atoms with Gasteiger partial charge in [0.05, 0.1) is 5.56 Å². The van der Waals surface area contributed by atoms with E-state index in [4.69, 9.17) is 0 Å². The lowest BCUT2D eigenvalue weighted by atomic mass is 9.99. The van der Waals surface area contributed by atoms with E-state index in [0.29, 0.717) is 24.6 Å². The van der Waals surface area contributed by atoms with Gasteiger partial charge in [-0.1, -0.05) is 0 Å². The number of halogens is 2. The summed E-state index contributed by atoms with van der Waals surface area (Å²) in [5, 5.41) is 3.39. The van der Waals surface area contributed by atoms with Crippen molar-refractivity contribution in [3.8, 4) is 0 Å². The second-order valence-electron chi connectivity index (χ2n) is 6.97. The Balaban J connectivity index is 0.00000140. The van der Waals surface area contributed by atoms with Gasteiger partial charge in [0.2, 0.25) is 5.95 Å². The molecule has 4 rings (SSSR count). The summed E-state index contributed by atoms with van der Waals surface area (Å²) in [5.41, 5.74) is 1.85. The summed E-state index contributed by atoms with van der Waals surface area (Å²) >= 11 is 0. The molecule has 0 spiro atoms. The normalized spacial score (nSPS) is 18.9. The SMILES string of the molecule is Cl.Cl.O=C(c1cncc(CC2CCNC2)c1)N1CCN(c2ncccn2)CC1. The number of rotatable bonds is 4. The third kappa shape index (κ3) is 5.31. The number of carbonyl (C=O) groups is 1. The number of hydrogen-bond donors (Lipinski definition) is 1. The van der Waals surface area contributed by atoms with Crippen molar-refractivity contribution in [3.05, 3.63) is 48.0 Å². The van der Waals surface area contributed by atoms with Crippen molar-refractivity contribution in [2.75, 3.05) is 44.2 Å². The number of hydrogen-bond acceptors (Lipinski definition) is 6. The van der Waals surface area contributed by atoms with E-state index in [1.807, 2.05) is 23.2 Å². The van der Waals surface area contributed by atoms with Gasteiger partial charge in [0.1, 0.15) is 0 Å². The Hall–Kier alpha value is -1.96. The lowest BCUT2D eigenvalue weighted by molar-refractivity contribution is 0.0745. The van der Waals surface area contributed by atoms with Crippen molar-refractivity contribution in [3.63, 3.8) is 0 Å². The minimum atomic E-state index is 0. The molecular weight excluding hydrogens is 399 g/mol. The molecule has 0 aromatic carbocycles. The monoisotopic (exact) mass is 424 g/mol. The van der Waals surface area contributed by atoms with Crippen LogP contribution in [0.1, 0.15) is 22.3 Å². The first kappa shape index (κ1) is 22.3. The van der Waals surface area contributed by atoms with E-state index in [2.05, 4.69) is 25.2 Å². The van der Waals surface area contributed by atoms with E-state index in [0.717, 1.165) is 44.1 Å². The van der Waals surface area contributed by atoms with Crippen molar-refractivity contribution in [2.24, 2.45) is 5.92 Å². The zero-order valence-corrected chi connectivity index (χ0v) is 17.3. The lowest BCUT2D eigenvalue weighted by Crippen LogP contribution is -2.49. The largest absolute Gasteiger partial charge is 0.337 e. The first-order valence-corrected chi connectivity index (χ1v) is 9.25. The smallest absolute Gasteiger partial charge is 0.255 e. The highest BCUT2D eigenvalue weighted by atomic mass is 35.5. The molecule has 9 heteroatoms. The highest BCUT2D eigenvalue weighted by Crippen LogP contribution is 2.17. The second kappa shape index (κ2) is 10.5. The Bertz CT molecular complexity index is 749. The first-order chi connectivity index (χ1) is 12.8. The summed E-state index contributed by atoms with van der Waals surface area (Å²) in [6.07, 6.45) is 9.25. The van der Waals surface area contributed by atoms with E-state index >= 15 is 0 Å². The number of nitrogens with zero attached hydrogens (tertiary/aromatic N) is 5. The Morgan fingerprint density at radius 2 is 1.86 bits per heavy atom. The topological polar surface area (TPSA) is 74.2 Å². The molecule has 2 fully saturated rings. The Morgan fingerprint density at radius 1 is 1.11 bits per heavy atom. The van der Waals surface area contributed by atoms with Gasteiger partial charge in [-0.25, -0.2) is 9.97 Å². The van der Waals surface area contributed by atoms with Gasteiger partial charge < -0.3 is 15.1 Å². The van der Waals surface area contributed by atoms with Crippen LogP contribution in [0.25, 0.3) is 0 Å². The third-order valence-corrected chi connectivity index (χ3v) is 5.13. The number of aromatic nitrogens is 3. The summed E-state index contributed by atoms with van der Waals surface area (Å²) < 4.78 is 0. The lowest BCUT2D eigenvalue weighted by Gasteiger charge is -2.34. The fraction of sp³-hybridized carbons (Fsp3) is 0.474. The molecule has 2 aromatic rings. The van der Waals surface area contributed by atoms with E-state index in [1.54, 1.807) is 18.6 Å². The number of pyridine rings is 1. The van der Waals surface area contributed by atoms with E-state index < -0.39 is 0 Å². The highest BCUT2D eigenvalue weighted by Gasteiger charge is 2.24. The van der Waals surface area contributed by atoms with Gasteiger partial charge in [-0.3, -0.25) is 9.78 Å². The van der Waals surface area contributed by atoms with Crippen LogP contribution >= 0.6 is 24.8 Å². The number of piperazine rings is 1. The van der Waals surface area contributed by atoms with Crippen LogP contribution in [0.3, 0.4) is 0 Å². The van der Waals surface area contributed by atoms with Gasteiger partial charge >= 0.3 is 0 Å². The summed E-state index contributed by atoms with van der Waals surface area (Å²) in [5.74, 6) is 1.45. The van der Waals surface area contributed by atoms with Crippen LogP contribution in [0.4, 0.5) is 5.95 Å². The molecule has 0 radical (unpaired) electrons. The highest BCUT2D eigenvalue weighted by molar-refractivity contribution is 5.94. The van der Waals surface area contributed by atoms with E-state index in [1.165, 1.54) is 6.42 Å². The minimum Gasteiger partial charge on any atom is -0.337 e. The molecule has 0 aliphatic carbocycles. The molecule has 2 aliphatic heterocycles. The number of anilines is 1. The van der Waals surface area contributed by atoms with Gasteiger partial charge in [-0.15, -0.1) is 24.8 Å². The van der Waals surface area contributed by atoms with Gasteiger partial charge in [0, 0.05) is 51.0 Å². The predicted octanol–water partition coefficient (Wildman–Crippen LogP) is 1.83. The molecule has 1 amide bonds. The minimum absolute atomic E-state index is 0. The summed E-state index contributed by atoms with van der Waals surface area (Å²) in [6, 6.07) is 3.82. The fourth-order valence-electron chi connectivity index (χ4n) is 3.68. The van der Waals surface area contributed by atoms with Gasteiger partial charge in [-0.05, 0) is 49.5 Å². The fourth-order valence-corrected chi connectivity index (χ4v) is 3.68. The Labute approximate surface area is 177 Å². The second-order valence-corrected chi connectivity index (χ2v) is 6.97. The molecule has 1 unspecified atom stereocenters. The van der Waals surface area contributed by atoms with Crippen molar-refractivity contribution in [1.29, 1.82) is 0 Å². The summed E-state index contributed by atoms with van der Waals surface area (Å²) in [7, 11) is 0. The molecule has 0 saturated carbocycles. The maximum absolute atomic E-state index is 12.9. The van der Waals surface area contributed by atoms with Crippen LogP contribution in [-0.2, 0) is 6.42 Å². The van der Waals surface area contributed by atoms with Crippen LogP contribution in [0.5, 0.6) is 0 Å². The van der Waals surface area contributed by atoms with Crippen molar-refractivity contribution >= 4 is 36.7 Å². The van der Waals surface area contributed by atoms with Crippen molar-refractivity contribution < 1.29 is 4.79 Å². The average Bonchev–Trinajstić information content (AvgIpc) is 3.21. The molecule has 2 saturated heterocycles. The van der Waals surface area contributed by atoms with Crippen LogP contribution in [0.15, 0.2) is 36.9 Å². The molecule has 7 nitrogen and oxygen atoms in total. The molecule has 1 N–H and O–H groups in total. The molecule has 2 aromatic heterocycles. The zero-order chi connectivity index (χ0) is 17.8. The molecule has 152 valence electrons. The standard InChI is InChI=1S/C19H24N6O.2ClH/c26-18(17-11-16(13-21-14-17)10-15-2-5-20-12-15)24-6-8-25(9-7-24)19-22-3-1-4-23-19;;/h1,3-4,11,13-15,20H,2,5-10,12H2;2*1H. The molecule has 28 heavy (non-hydrogen) atoms. The van der Waals surface area contributed by atoms with Crippen LogP contribution in [-0.4, -0.2) is 65.0 Å². The molecular formula is C19H26Cl2N6O. The van der Waals surface area contributed by atoms with Gasteiger partial charge in [0.15, 0.2) is 0 Å². The van der Waals surface area contributed by atoms with Gasteiger partial charge in [-0.2, -0.15) is 0 Å². The molecule has 2 aliphatic rings. The third-order valence-electron chi connectivity index (χ3n) is 5.13. The molecule has 1 atom stereocenters. The van der Waals surface area contributed by atoms with E-state index in [9.17, 15) is 4.79 Å². The quantitative estimate of drug-likeness (QED) is 0.806. The Morgan fingerprint density at radius 3 is 2.54 bits per heavy atom.